The summed E-state index contributed by atoms with van der Waals surface area (Å²) in [6.45, 7) is 1.20. The van der Waals surface area contributed by atoms with E-state index in [1.54, 1.807) is 12.0 Å². The molecule has 0 radical (unpaired) electrons. The van der Waals surface area contributed by atoms with Gasteiger partial charge in [0.25, 0.3) is 0 Å². The molecule has 144 valence electrons. The van der Waals surface area contributed by atoms with Crippen LogP contribution in [0.1, 0.15) is 17.5 Å². The Labute approximate surface area is 176 Å². The second-order valence-corrected chi connectivity index (χ2v) is 6.19. The highest BCUT2D eigenvalue weighted by atomic mass is 127. The molecular formula is C20H25IN4O2. The number of guanidine groups is 1. The SMILES string of the molecule is COCc1ccccc1NC(N)=NCC(=O)N1CCCc2ccccc21.I. The summed E-state index contributed by atoms with van der Waals surface area (Å²) in [5, 5.41) is 3.05. The number of carbonyl (C=O) groups is 1. The lowest BCUT2D eigenvalue weighted by Crippen LogP contribution is -2.37. The van der Waals surface area contributed by atoms with Gasteiger partial charge in [0.15, 0.2) is 5.96 Å². The third-order valence-electron chi connectivity index (χ3n) is 4.38. The molecule has 7 heteroatoms. The third-order valence-corrected chi connectivity index (χ3v) is 4.38. The van der Waals surface area contributed by atoms with Gasteiger partial charge in [-0.25, -0.2) is 4.99 Å². The molecule has 0 atom stereocenters. The van der Waals surface area contributed by atoms with Crippen LogP contribution in [0, 0.1) is 0 Å². The van der Waals surface area contributed by atoms with Gasteiger partial charge in [-0.1, -0.05) is 36.4 Å². The van der Waals surface area contributed by atoms with Crippen molar-refractivity contribution in [1.82, 2.24) is 0 Å². The fourth-order valence-corrected chi connectivity index (χ4v) is 3.13. The number of fused-ring (bicyclic) bond motifs is 1. The number of para-hydroxylation sites is 2. The quantitative estimate of drug-likeness (QED) is 0.392. The molecule has 0 saturated heterocycles. The van der Waals surface area contributed by atoms with Crippen LogP contribution in [0.3, 0.4) is 0 Å². The van der Waals surface area contributed by atoms with Crippen molar-refractivity contribution in [3.63, 3.8) is 0 Å². The summed E-state index contributed by atoms with van der Waals surface area (Å²) in [7, 11) is 1.64. The maximum atomic E-state index is 12.6. The molecular weight excluding hydrogens is 455 g/mol. The smallest absolute Gasteiger partial charge is 0.248 e. The Morgan fingerprint density at radius 2 is 1.96 bits per heavy atom. The Morgan fingerprint density at radius 3 is 2.78 bits per heavy atom. The lowest BCUT2D eigenvalue weighted by molar-refractivity contribution is -0.117. The van der Waals surface area contributed by atoms with Gasteiger partial charge in [-0.2, -0.15) is 0 Å². The normalized spacial score (nSPS) is 13.5. The van der Waals surface area contributed by atoms with Gasteiger partial charge < -0.3 is 20.7 Å². The number of carbonyl (C=O) groups excluding carboxylic acids is 1. The molecule has 1 heterocycles. The average molecular weight is 480 g/mol. The highest BCUT2D eigenvalue weighted by Gasteiger charge is 2.21. The van der Waals surface area contributed by atoms with Crippen LogP contribution in [0.2, 0.25) is 0 Å². The second-order valence-electron chi connectivity index (χ2n) is 6.19. The Kier molecular flexibility index (Phi) is 8.05. The lowest BCUT2D eigenvalue weighted by atomic mass is 10.0. The zero-order valence-electron chi connectivity index (χ0n) is 15.4. The van der Waals surface area contributed by atoms with Crippen molar-refractivity contribution in [2.75, 3.05) is 30.4 Å². The van der Waals surface area contributed by atoms with Crippen LogP contribution in [0.25, 0.3) is 0 Å². The van der Waals surface area contributed by atoms with Crippen LogP contribution in [0.4, 0.5) is 11.4 Å². The van der Waals surface area contributed by atoms with E-state index >= 15 is 0 Å². The molecule has 0 fully saturated rings. The number of nitrogens with zero attached hydrogens (tertiary/aromatic N) is 2. The minimum atomic E-state index is -0.0490. The van der Waals surface area contributed by atoms with Crippen LogP contribution in [0.5, 0.6) is 0 Å². The number of methoxy groups -OCH3 is 1. The largest absolute Gasteiger partial charge is 0.380 e. The third kappa shape index (κ3) is 5.43. The number of benzene rings is 2. The zero-order valence-corrected chi connectivity index (χ0v) is 17.7. The monoisotopic (exact) mass is 480 g/mol. The van der Waals surface area contributed by atoms with Crippen molar-refractivity contribution in [1.29, 1.82) is 0 Å². The fourth-order valence-electron chi connectivity index (χ4n) is 3.13. The number of hydrogen-bond donors (Lipinski definition) is 2. The van der Waals surface area contributed by atoms with Crippen molar-refractivity contribution in [2.24, 2.45) is 10.7 Å². The van der Waals surface area contributed by atoms with Gasteiger partial charge in [-0.05, 0) is 30.5 Å². The molecule has 0 bridgehead atoms. The number of hydrogen-bond acceptors (Lipinski definition) is 3. The average Bonchev–Trinajstić information content (AvgIpc) is 2.67. The number of aryl methyl sites for hydroxylation is 1. The number of aliphatic imine (C=N–C) groups is 1. The number of rotatable bonds is 5. The molecule has 1 amide bonds. The van der Waals surface area contributed by atoms with Crippen LogP contribution < -0.4 is 16.0 Å². The Bertz CT molecular complexity index is 810. The molecule has 0 unspecified atom stereocenters. The Morgan fingerprint density at radius 1 is 1.22 bits per heavy atom. The lowest BCUT2D eigenvalue weighted by Gasteiger charge is -2.29. The maximum absolute atomic E-state index is 12.6. The summed E-state index contributed by atoms with van der Waals surface area (Å²) in [6.07, 6.45) is 1.97. The van der Waals surface area contributed by atoms with Gasteiger partial charge in [0.2, 0.25) is 5.91 Å². The van der Waals surface area contributed by atoms with Crippen LogP contribution >= 0.6 is 24.0 Å². The topological polar surface area (TPSA) is 80.0 Å². The van der Waals surface area contributed by atoms with Crippen LogP contribution in [-0.4, -0.2) is 32.1 Å². The van der Waals surface area contributed by atoms with Gasteiger partial charge in [0.1, 0.15) is 6.54 Å². The van der Waals surface area contributed by atoms with E-state index in [0.29, 0.717) is 6.61 Å². The van der Waals surface area contributed by atoms with E-state index in [4.69, 9.17) is 10.5 Å². The number of anilines is 2. The number of nitrogens with one attached hydrogen (secondary N) is 1. The number of ether oxygens (including phenoxy) is 1. The molecule has 0 aromatic heterocycles. The molecule has 2 aromatic carbocycles. The van der Waals surface area contributed by atoms with Crippen LogP contribution in [0.15, 0.2) is 53.5 Å². The minimum Gasteiger partial charge on any atom is -0.380 e. The number of nitrogens with two attached hydrogens (primary N) is 1. The molecule has 3 rings (SSSR count). The molecule has 3 N–H and O–H groups in total. The Balaban J connectivity index is 0.00000261. The summed E-state index contributed by atoms with van der Waals surface area (Å²) in [5.41, 5.74) is 9.96. The van der Waals surface area contributed by atoms with E-state index in [0.717, 1.165) is 36.3 Å². The van der Waals surface area contributed by atoms with Gasteiger partial charge in [-0.3, -0.25) is 4.79 Å². The van der Waals surface area contributed by atoms with Gasteiger partial charge in [0.05, 0.1) is 6.61 Å². The van der Waals surface area contributed by atoms with Gasteiger partial charge >= 0.3 is 0 Å². The van der Waals surface area contributed by atoms with Crippen molar-refractivity contribution in [3.8, 4) is 0 Å². The zero-order chi connectivity index (χ0) is 18.4. The minimum absolute atomic E-state index is 0. The van der Waals surface area contributed by atoms with E-state index in [2.05, 4.69) is 16.4 Å². The molecule has 0 aliphatic carbocycles. The summed E-state index contributed by atoms with van der Waals surface area (Å²) in [5.74, 6) is 0.166. The van der Waals surface area contributed by atoms with Crippen molar-refractivity contribution < 1.29 is 9.53 Å². The molecule has 6 nitrogen and oxygen atoms in total. The van der Waals surface area contributed by atoms with E-state index in [1.165, 1.54) is 5.56 Å². The second kappa shape index (κ2) is 10.3. The van der Waals surface area contributed by atoms with E-state index in [-0.39, 0.29) is 42.4 Å². The Hall–Kier alpha value is -2.13. The molecule has 27 heavy (non-hydrogen) atoms. The summed E-state index contributed by atoms with van der Waals surface area (Å²) in [6, 6.07) is 15.7. The van der Waals surface area contributed by atoms with Crippen molar-refractivity contribution in [2.45, 2.75) is 19.4 Å². The summed E-state index contributed by atoms with van der Waals surface area (Å²) >= 11 is 0. The first-order valence-electron chi connectivity index (χ1n) is 8.71. The predicted molar refractivity (Wildman–Crippen MR) is 120 cm³/mol. The van der Waals surface area contributed by atoms with Crippen LogP contribution in [-0.2, 0) is 22.6 Å². The predicted octanol–water partition coefficient (Wildman–Crippen LogP) is 3.16. The van der Waals surface area contributed by atoms with E-state index in [9.17, 15) is 4.79 Å². The number of amides is 1. The van der Waals surface area contributed by atoms with Crippen molar-refractivity contribution >= 4 is 47.2 Å². The molecule has 1 aliphatic rings. The molecule has 2 aromatic rings. The maximum Gasteiger partial charge on any atom is 0.248 e. The van der Waals surface area contributed by atoms with E-state index < -0.39 is 0 Å². The van der Waals surface area contributed by atoms with E-state index in [1.807, 2.05) is 42.5 Å². The first-order chi connectivity index (χ1) is 12.7. The molecule has 0 spiro atoms. The van der Waals surface area contributed by atoms with Gasteiger partial charge in [-0.15, -0.1) is 24.0 Å². The molecule has 1 aliphatic heterocycles. The number of halogens is 1. The first kappa shape index (κ1) is 21.2. The highest BCUT2D eigenvalue weighted by molar-refractivity contribution is 14.0. The fraction of sp³-hybridized carbons (Fsp3) is 0.300. The standard InChI is InChI=1S/C20H24N4O2.HI/c1-26-14-16-8-2-4-10-17(16)23-20(21)22-13-19(25)24-12-6-9-15-7-3-5-11-18(15)24;/h2-5,7-8,10-11H,6,9,12-14H2,1H3,(H3,21,22,23);1H. The summed E-state index contributed by atoms with van der Waals surface area (Å²) in [4.78, 5) is 18.6. The highest BCUT2D eigenvalue weighted by Crippen LogP contribution is 2.26. The molecule has 0 saturated carbocycles. The van der Waals surface area contributed by atoms with Crippen molar-refractivity contribution in [3.05, 3.63) is 59.7 Å². The van der Waals surface area contributed by atoms with Gasteiger partial charge in [0, 0.05) is 30.6 Å². The summed E-state index contributed by atoms with van der Waals surface area (Å²) < 4.78 is 5.18. The first-order valence-corrected chi connectivity index (χ1v) is 8.71.